The number of fused-ring (bicyclic) bond motifs is 1. The molecule has 0 atom stereocenters. The van der Waals surface area contributed by atoms with Crippen molar-refractivity contribution >= 4 is 34.1 Å². The Labute approximate surface area is 149 Å². The van der Waals surface area contributed by atoms with Crippen molar-refractivity contribution in [1.29, 1.82) is 0 Å². The van der Waals surface area contributed by atoms with Crippen molar-refractivity contribution in [3.8, 4) is 22.8 Å². The molecule has 3 aromatic rings. The molecule has 6 nitrogen and oxygen atoms in total. The van der Waals surface area contributed by atoms with Gasteiger partial charge in [0, 0.05) is 29.6 Å². The number of hydrogen-bond donors (Lipinski definition) is 1. The quantitative estimate of drug-likeness (QED) is 0.716. The van der Waals surface area contributed by atoms with E-state index in [4.69, 9.17) is 21.1 Å². The molecule has 0 unspecified atom stereocenters. The SMILES string of the molecule is COc1cc2nc(Cl)nc(-c3cccc(NC(C)=O)c3)c2cc1OC. The number of anilines is 1. The van der Waals surface area contributed by atoms with Gasteiger partial charge < -0.3 is 14.8 Å². The minimum Gasteiger partial charge on any atom is -0.493 e. The highest BCUT2D eigenvalue weighted by atomic mass is 35.5. The fourth-order valence-electron chi connectivity index (χ4n) is 2.59. The Morgan fingerprint density at radius 2 is 1.80 bits per heavy atom. The van der Waals surface area contributed by atoms with Crippen LogP contribution in [-0.2, 0) is 4.79 Å². The lowest BCUT2D eigenvalue weighted by Gasteiger charge is -2.12. The van der Waals surface area contributed by atoms with E-state index in [2.05, 4.69) is 15.3 Å². The number of ether oxygens (including phenoxy) is 2. The zero-order valence-corrected chi connectivity index (χ0v) is 14.7. The van der Waals surface area contributed by atoms with Gasteiger partial charge in [0.2, 0.25) is 11.2 Å². The van der Waals surface area contributed by atoms with Crippen LogP contribution in [0.15, 0.2) is 36.4 Å². The third-order valence-corrected chi connectivity index (χ3v) is 3.80. The Balaban J connectivity index is 2.23. The third-order valence-electron chi connectivity index (χ3n) is 3.63. The van der Waals surface area contributed by atoms with Crippen molar-refractivity contribution in [2.45, 2.75) is 6.92 Å². The number of carbonyl (C=O) groups is 1. The molecular weight excluding hydrogens is 342 g/mol. The second-order valence-electron chi connectivity index (χ2n) is 5.33. The molecule has 7 heteroatoms. The largest absolute Gasteiger partial charge is 0.493 e. The minimum absolute atomic E-state index is 0.125. The van der Waals surface area contributed by atoms with Crippen LogP contribution >= 0.6 is 11.6 Å². The molecule has 3 rings (SSSR count). The lowest BCUT2D eigenvalue weighted by Crippen LogP contribution is -2.05. The van der Waals surface area contributed by atoms with Gasteiger partial charge in [-0.1, -0.05) is 12.1 Å². The van der Waals surface area contributed by atoms with Crippen molar-refractivity contribution in [3.05, 3.63) is 41.7 Å². The first kappa shape index (κ1) is 17.0. The highest BCUT2D eigenvalue weighted by Gasteiger charge is 2.14. The smallest absolute Gasteiger partial charge is 0.223 e. The fraction of sp³-hybridized carbons (Fsp3) is 0.167. The van der Waals surface area contributed by atoms with Gasteiger partial charge >= 0.3 is 0 Å². The molecule has 1 N–H and O–H groups in total. The van der Waals surface area contributed by atoms with Crippen molar-refractivity contribution < 1.29 is 14.3 Å². The Kier molecular flexibility index (Phi) is 4.72. The molecule has 0 spiro atoms. The van der Waals surface area contributed by atoms with E-state index < -0.39 is 0 Å². The first-order valence-corrected chi connectivity index (χ1v) is 7.87. The van der Waals surface area contributed by atoms with Crippen LogP contribution in [0.25, 0.3) is 22.2 Å². The Morgan fingerprint density at radius 1 is 1.08 bits per heavy atom. The van der Waals surface area contributed by atoms with E-state index in [1.807, 2.05) is 24.3 Å². The maximum absolute atomic E-state index is 11.3. The number of carbonyl (C=O) groups excluding carboxylic acids is 1. The van der Waals surface area contributed by atoms with Gasteiger partial charge in [-0.15, -0.1) is 0 Å². The molecule has 0 bridgehead atoms. The van der Waals surface area contributed by atoms with Crippen molar-refractivity contribution in [2.75, 3.05) is 19.5 Å². The molecule has 0 aliphatic rings. The second kappa shape index (κ2) is 6.94. The van der Waals surface area contributed by atoms with Gasteiger partial charge in [-0.05, 0) is 29.8 Å². The van der Waals surface area contributed by atoms with E-state index in [-0.39, 0.29) is 11.2 Å². The van der Waals surface area contributed by atoms with E-state index in [1.165, 1.54) is 6.92 Å². The van der Waals surface area contributed by atoms with Gasteiger partial charge in [-0.2, -0.15) is 0 Å². The average molecular weight is 358 g/mol. The summed E-state index contributed by atoms with van der Waals surface area (Å²) in [6, 6.07) is 10.9. The minimum atomic E-state index is -0.144. The first-order chi connectivity index (χ1) is 12.0. The summed E-state index contributed by atoms with van der Waals surface area (Å²) < 4.78 is 10.7. The molecule has 0 radical (unpaired) electrons. The standard InChI is InChI=1S/C18H16ClN3O3/c1-10(23)20-12-6-4-5-11(7-12)17-13-8-15(24-2)16(25-3)9-14(13)21-18(19)22-17/h4-9H,1-3H3,(H,20,23). The van der Waals surface area contributed by atoms with E-state index in [1.54, 1.807) is 26.4 Å². The number of rotatable bonds is 4. The molecule has 2 aromatic carbocycles. The number of benzene rings is 2. The summed E-state index contributed by atoms with van der Waals surface area (Å²) in [5.74, 6) is 0.983. The molecule has 1 heterocycles. The fourth-order valence-corrected chi connectivity index (χ4v) is 2.77. The maximum Gasteiger partial charge on any atom is 0.223 e. The molecule has 0 saturated carbocycles. The lowest BCUT2D eigenvalue weighted by atomic mass is 10.1. The van der Waals surface area contributed by atoms with Crippen molar-refractivity contribution in [2.24, 2.45) is 0 Å². The number of nitrogens with zero attached hydrogens (tertiary/aromatic N) is 2. The molecule has 0 aliphatic carbocycles. The Morgan fingerprint density at radius 3 is 2.48 bits per heavy atom. The molecule has 0 fully saturated rings. The number of methoxy groups -OCH3 is 2. The maximum atomic E-state index is 11.3. The van der Waals surface area contributed by atoms with Crippen LogP contribution in [-0.4, -0.2) is 30.1 Å². The van der Waals surface area contributed by atoms with Crippen LogP contribution in [0.4, 0.5) is 5.69 Å². The number of amides is 1. The van der Waals surface area contributed by atoms with Gasteiger partial charge in [-0.25, -0.2) is 9.97 Å². The molecular formula is C18H16ClN3O3. The summed E-state index contributed by atoms with van der Waals surface area (Å²) in [5, 5.41) is 3.65. The van der Waals surface area contributed by atoms with Crippen LogP contribution in [0.1, 0.15) is 6.92 Å². The van der Waals surface area contributed by atoms with E-state index in [0.717, 1.165) is 10.9 Å². The van der Waals surface area contributed by atoms with Gasteiger partial charge in [0.15, 0.2) is 11.5 Å². The molecule has 1 amide bonds. The summed E-state index contributed by atoms with van der Waals surface area (Å²) >= 11 is 6.10. The van der Waals surface area contributed by atoms with Gasteiger partial charge in [-0.3, -0.25) is 4.79 Å². The molecule has 0 aliphatic heterocycles. The second-order valence-corrected chi connectivity index (χ2v) is 5.67. The van der Waals surface area contributed by atoms with E-state index >= 15 is 0 Å². The normalized spacial score (nSPS) is 10.6. The number of hydrogen-bond acceptors (Lipinski definition) is 5. The predicted molar refractivity (Wildman–Crippen MR) is 97.4 cm³/mol. The van der Waals surface area contributed by atoms with Crippen molar-refractivity contribution in [3.63, 3.8) is 0 Å². The highest BCUT2D eigenvalue weighted by Crippen LogP contribution is 2.36. The molecule has 1 aromatic heterocycles. The van der Waals surface area contributed by atoms with Crippen LogP contribution in [0.3, 0.4) is 0 Å². The van der Waals surface area contributed by atoms with Crippen LogP contribution in [0.2, 0.25) is 5.28 Å². The summed E-state index contributed by atoms with van der Waals surface area (Å²) in [5.41, 5.74) is 2.75. The Hall–Kier alpha value is -2.86. The third kappa shape index (κ3) is 3.49. The highest BCUT2D eigenvalue weighted by molar-refractivity contribution is 6.29. The topological polar surface area (TPSA) is 73.3 Å². The Bertz CT molecular complexity index is 960. The van der Waals surface area contributed by atoms with E-state index in [9.17, 15) is 4.79 Å². The monoisotopic (exact) mass is 357 g/mol. The molecule has 0 saturated heterocycles. The van der Waals surface area contributed by atoms with E-state index in [0.29, 0.717) is 28.4 Å². The van der Waals surface area contributed by atoms with Crippen LogP contribution in [0, 0.1) is 0 Å². The van der Waals surface area contributed by atoms with Crippen LogP contribution < -0.4 is 14.8 Å². The molecule has 25 heavy (non-hydrogen) atoms. The number of nitrogens with one attached hydrogen (secondary N) is 1. The summed E-state index contributed by atoms with van der Waals surface area (Å²) in [6.07, 6.45) is 0. The predicted octanol–water partition coefficient (Wildman–Crippen LogP) is 3.93. The number of halogens is 1. The zero-order valence-electron chi connectivity index (χ0n) is 14.0. The first-order valence-electron chi connectivity index (χ1n) is 7.49. The lowest BCUT2D eigenvalue weighted by molar-refractivity contribution is -0.114. The van der Waals surface area contributed by atoms with Gasteiger partial charge in [0.05, 0.1) is 25.4 Å². The summed E-state index contributed by atoms with van der Waals surface area (Å²) in [6.45, 7) is 1.46. The number of aromatic nitrogens is 2. The van der Waals surface area contributed by atoms with Gasteiger partial charge in [0.25, 0.3) is 0 Å². The summed E-state index contributed by atoms with van der Waals surface area (Å²) in [7, 11) is 3.13. The average Bonchev–Trinajstić information content (AvgIpc) is 2.59. The zero-order chi connectivity index (χ0) is 18.0. The van der Waals surface area contributed by atoms with Crippen LogP contribution in [0.5, 0.6) is 11.5 Å². The molecule has 128 valence electrons. The van der Waals surface area contributed by atoms with Gasteiger partial charge in [0.1, 0.15) is 0 Å². The van der Waals surface area contributed by atoms with Crippen molar-refractivity contribution in [1.82, 2.24) is 9.97 Å². The summed E-state index contributed by atoms with van der Waals surface area (Å²) in [4.78, 5) is 19.9.